The van der Waals surface area contributed by atoms with Crippen molar-refractivity contribution in [2.24, 2.45) is 0 Å². The number of hydrogen-bond acceptors (Lipinski definition) is 4. The van der Waals surface area contributed by atoms with E-state index < -0.39 is 0 Å². The van der Waals surface area contributed by atoms with Crippen LogP contribution in [0.5, 0.6) is 0 Å². The van der Waals surface area contributed by atoms with Crippen molar-refractivity contribution in [3.05, 3.63) is 22.8 Å². The number of nitrogens with one attached hydrogen (secondary N) is 1. The number of hydrogen-bond donors (Lipinski definition) is 1. The largest absolute Gasteiger partial charge is 0.367 e. The molecule has 0 aliphatic carbocycles. The molecule has 0 aromatic carbocycles. The Balaban J connectivity index is 1.95. The van der Waals surface area contributed by atoms with Crippen molar-refractivity contribution in [3.8, 4) is 6.07 Å². The van der Waals surface area contributed by atoms with Crippen molar-refractivity contribution in [2.45, 2.75) is 25.8 Å². The lowest BCUT2D eigenvalue weighted by molar-refractivity contribution is 0.269. The van der Waals surface area contributed by atoms with Crippen LogP contribution in [0.2, 0.25) is 5.02 Å². The molecule has 1 N–H and O–H groups in total. The number of pyridine rings is 1. The van der Waals surface area contributed by atoms with Gasteiger partial charge in [0.15, 0.2) is 0 Å². The molecule has 0 saturated carbocycles. The number of nitrogens with zero attached hydrogens (tertiary/aromatic N) is 3. The zero-order valence-corrected chi connectivity index (χ0v) is 11.2. The third kappa shape index (κ3) is 2.92. The summed E-state index contributed by atoms with van der Waals surface area (Å²) in [5.74, 6) is 0.599. The van der Waals surface area contributed by atoms with E-state index in [1.54, 1.807) is 12.3 Å². The van der Waals surface area contributed by atoms with E-state index in [1.165, 1.54) is 25.9 Å². The zero-order valence-electron chi connectivity index (χ0n) is 10.5. The molecule has 0 bridgehead atoms. The molecule has 4 nitrogen and oxygen atoms in total. The Hall–Kier alpha value is -1.31. The molecule has 96 valence electrons. The van der Waals surface area contributed by atoms with Crippen LogP contribution in [-0.2, 0) is 0 Å². The summed E-state index contributed by atoms with van der Waals surface area (Å²) in [5.41, 5.74) is 0.461. The van der Waals surface area contributed by atoms with Gasteiger partial charge in [0.05, 0.1) is 5.56 Å². The van der Waals surface area contributed by atoms with E-state index in [0.717, 1.165) is 6.54 Å². The van der Waals surface area contributed by atoms with Crippen LogP contribution in [0.15, 0.2) is 12.3 Å². The number of likely N-dealkylation sites (tertiary alicyclic amines) is 1. The van der Waals surface area contributed by atoms with E-state index in [4.69, 9.17) is 16.9 Å². The minimum absolute atomic E-state index is 0.411. The molecule has 2 rings (SSSR count). The monoisotopic (exact) mass is 264 g/mol. The Morgan fingerprint density at radius 3 is 2.94 bits per heavy atom. The molecular formula is C13H17ClN4. The molecule has 1 aromatic rings. The van der Waals surface area contributed by atoms with Crippen molar-refractivity contribution in [1.29, 1.82) is 5.26 Å². The van der Waals surface area contributed by atoms with Gasteiger partial charge in [-0.1, -0.05) is 11.6 Å². The Morgan fingerprint density at radius 2 is 2.28 bits per heavy atom. The fourth-order valence-electron chi connectivity index (χ4n) is 2.21. The van der Waals surface area contributed by atoms with Crippen molar-refractivity contribution < 1.29 is 0 Å². The van der Waals surface area contributed by atoms with Gasteiger partial charge in [0, 0.05) is 18.8 Å². The Bertz CT molecular complexity index is 449. The standard InChI is InChI=1S/C13H17ClN4/c1-10(18-6-2-3-7-18)9-17-13-12(14)11(8-15)4-5-16-13/h4-5,10H,2-3,6-7,9H2,1H3,(H,16,17). The molecule has 2 heterocycles. The van der Waals surface area contributed by atoms with Crippen molar-refractivity contribution in [3.63, 3.8) is 0 Å². The second-order valence-corrected chi connectivity index (χ2v) is 4.98. The number of nitriles is 1. The molecular weight excluding hydrogens is 248 g/mol. The van der Waals surface area contributed by atoms with E-state index in [9.17, 15) is 0 Å². The van der Waals surface area contributed by atoms with Crippen molar-refractivity contribution in [2.75, 3.05) is 25.0 Å². The van der Waals surface area contributed by atoms with Gasteiger partial charge in [0.1, 0.15) is 16.9 Å². The maximum absolute atomic E-state index is 8.89. The SMILES string of the molecule is CC(CNc1nccc(C#N)c1Cl)N1CCCC1. The van der Waals surface area contributed by atoms with Crippen LogP contribution in [0.3, 0.4) is 0 Å². The lowest BCUT2D eigenvalue weighted by Crippen LogP contribution is -2.35. The predicted octanol–water partition coefficient (Wildman–Crippen LogP) is 2.50. The summed E-state index contributed by atoms with van der Waals surface area (Å²) in [6.07, 6.45) is 4.17. The summed E-state index contributed by atoms with van der Waals surface area (Å²) in [5, 5.41) is 12.5. The molecule has 1 aromatic heterocycles. The molecule has 1 aliphatic heterocycles. The van der Waals surface area contributed by atoms with Gasteiger partial charge in [-0.3, -0.25) is 4.90 Å². The fraction of sp³-hybridized carbons (Fsp3) is 0.538. The first-order valence-corrected chi connectivity index (χ1v) is 6.62. The first kappa shape index (κ1) is 13.1. The third-order valence-electron chi connectivity index (χ3n) is 3.34. The van der Waals surface area contributed by atoms with Gasteiger partial charge in [0.2, 0.25) is 0 Å². The fourth-order valence-corrected chi connectivity index (χ4v) is 2.43. The number of anilines is 1. The average Bonchev–Trinajstić information content (AvgIpc) is 2.91. The third-order valence-corrected chi connectivity index (χ3v) is 3.72. The number of aromatic nitrogens is 1. The molecule has 1 unspecified atom stereocenters. The van der Waals surface area contributed by atoms with Crippen molar-refractivity contribution >= 4 is 17.4 Å². The average molecular weight is 265 g/mol. The first-order valence-electron chi connectivity index (χ1n) is 6.25. The zero-order chi connectivity index (χ0) is 13.0. The van der Waals surface area contributed by atoms with Crippen molar-refractivity contribution in [1.82, 2.24) is 9.88 Å². The quantitative estimate of drug-likeness (QED) is 0.908. The minimum Gasteiger partial charge on any atom is -0.367 e. The van der Waals surface area contributed by atoms with Crippen LogP contribution in [0, 0.1) is 11.3 Å². The van der Waals surface area contributed by atoms with E-state index in [2.05, 4.69) is 28.2 Å². The predicted molar refractivity (Wildman–Crippen MR) is 72.7 cm³/mol. The molecule has 1 aliphatic rings. The lowest BCUT2D eigenvalue weighted by Gasteiger charge is -2.24. The minimum atomic E-state index is 0.411. The van der Waals surface area contributed by atoms with E-state index in [1.807, 2.05) is 0 Å². The van der Waals surface area contributed by atoms with E-state index in [0.29, 0.717) is 22.4 Å². The Morgan fingerprint density at radius 1 is 1.56 bits per heavy atom. The summed E-state index contributed by atoms with van der Waals surface area (Å²) in [7, 11) is 0. The van der Waals surface area contributed by atoms with Crippen LogP contribution < -0.4 is 5.32 Å². The molecule has 0 amide bonds. The second kappa shape index (κ2) is 6.03. The van der Waals surface area contributed by atoms with E-state index in [-0.39, 0.29) is 0 Å². The Kier molecular flexibility index (Phi) is 4.40. The van der Waals surface area contributed by atoms with Crippen LogP contribution in [0.4, 0.5) is 5.82 Å². The first-order chi connectivity index (χ1) is 8.72. The van der Waals surface area contributed by atoms with Gasteiger partial charge in [-0.2, -0.15) is 5.26 Å². The number of halogens is 1. The number of rotatable bonds is 4. The van der Waals surface area contributed by atoms with Crippen LogP contribution in [0.25, 0.3) is 0 Å². The molecule has 1 saturated heterocycles. The lowest BCUT2D eigenvalue weighted by atomic mass is 10.2. The van der Waals surface area contributed by atoms with Gasteiger partial charge in [0.25, 0.3) is 0 Å². The molecule has 0 radical (unpaired) electrons. The highest BCUT2D eigenvalue weighted by molar-refractivity contribution is 6.34. The van der Waals surface area contributed by atoms with Gasteiger partial charge in [-0.25, -0.2) is 4.98 Å². The van der Waals surface area contributed by atoms with Crippen LogP contribution in [-0.4, -0.2) is 35.6 Å². The summed E-state index contributed by atoms with van der Waals surface area (Å²) in [6.45, 7) is 5.33. The molecule has 1 atom stereocenters. The normalized spacial score (nSPS) is 17.4. The molecule has 18 heavy (non-hydrogen) atoms. The molecule has 1 fully saturated rings. The van der Waals surface area contributed by atoms with Gasteiger partial charge >= 0.3 is 0 Å². The molecule has 5 heteroatoms. The summed E-state index contributed by atoms with van der Waals surface area (Å²) in [4.78, 5) is 6.63. The highest BCUT2D eigenvalue weighted by Gasteiger charge is 2.18. The van der Waals surface area contributed by atoms with Gasteiger partial charge < -0.3 is 5.32 Å². The Labute approximate surface area is 113 Å². The highest BCUT2D eigenvalue weighted by atomic mass is 35.5. The second-order valence-electron chi connectivity index (χ2n) is 4.61. The van der Waals surface area contributed by atoms with E-state index >= 15 is 0 Å². The topological polar surface area (TPSA) is 52.0 Å². The van der Waals surface area contributed by atoms with Crippen LogP contribution in [0.1, 0.15) is 25.3 Å². The van der Waals surface area contributed by atoms with Gasteiger partial charge in [-0.15, -0.1) is 0 Å². The molecule has 0 spiro atoms. The highest BCUT2D eigenvalue weighted by Crippen LogP contribution is 2.23. The van der Waals surface area contributed by atoms with Gasteiger partial charge in [-0.05, 0) is 38.9 Å². The summed E-state index contributed by atoms with van der Waals surface area (Å²) < 4.78 is 0. The smallest absolute Gasteiger partial charge is 0.146 e. The van der Waals surface area contributed by atoms with Crippen LogP contribution >= 0.6 is 11.6 Å². The summed E-state index contributed by atoms with van der Waals surface area (Å²) >= 11 is 6.09. The maximum Gasteiger partial charge on any atom is 0.146 e. The summed E-state index contributed by atoms with van der Waals surface area (Å²) in [6, 6.07) is 4.13. The maximum atomic E-state index is 8.89.